The summed E-state index contributed by atoms with van der Waals surface area (Å²) in [7, 11) is 1.94. The van der Waals surface area contributed by atoms with E-state index in [0.29, 0.717) is 16.8 Å². The molecule has 0 radical (unpaired) electrons. The summed E-state index contributed by atoms with van der Waals surface area (Å²) in [5.74, 6) is -0.0250. The Labute approximate surface area is 117 Å². The minimum atomic E-state index is -0.0250. The normalized spacial score (nSPS) is 10.9. The van der Waals surface area contributed by atoms with Crippen molar-refractivity contribution in [3.05, 3.63) is 65.4 Å². The van der Waals surface area contributed by atoms with Crippen molar-refractivity contribution < 1.29 is 4.79 Å². The number of hydrogen-bond donors (Lipinski definition) is 1. The van der Waals surface area contributed by atoms with Crippen LogP contribution in [0.2, 0.25) is 0 Å². The van der Waals surface area contributed by atoms with Gasteiger partial charge in [-0.05, 0) is 24.6 Å². The van der Waals surface area contributed by atoms with E-state index in [-0.39, 0.29) is 5.78 Å². The number of ketones is 1. The molecular weight excluding hydrogens is 248 g/mol. The van der Waals surface area contributed by atoms with Crippen LogP contribution in [-0.4, -0.2) is 10.4 Å². The van der Waals surface area contributed by atoms with E-state index < -0.39 is 0 Å². The summed E-state index contributed by atoms with van der Waals surface area (Å²) in [4.78, 5) is 12.8. The molecule has 0 bridgehead atoms. The van der Waals surface area contributed by atoms with Crippen LogP contribution >= 0.6 is 0 Å². The SMILES string of the molecule is Cc1cccc(C(=O)c2cn(C)c3ccccc23)c1N. The molecule has 0 aliphatic heterocycles. The number of benzene rings is 2. The number of nitrogens with two attached hydrogens (primary N) is 1. The zero-order chi connectivity index (χ0) is 14.3. The van der Waals surface area contributed by atoms with E-state index in [4.69, 9.17) is 5.73 Å². The van der Waals surface area contributed by atoms with Gasteiger partial charge in [0.15, 0.2) is 5.78 Å². The van der Waals surface area contributed by atoms with Gasteiger partial charge < -0.3 is 10.3 Å². The fourth-order valence-corrected chi connectivity index (χ4v) is 2.55. The van der Waals surface area contributed by atoms with E-state index in [1.807, 2.05) is 61.1 Å². The fraction of sp³-hybridized carbons (Fsp3) is 0.118. The van der Waals surface area contributed by atoms with E-state index >= 15 is 0 Å². The molecule has 0 saturated heterocycles. The van der Waals surface area contributed by atoms with Crippen molar-refractivity contribution in [1.29, 1.82) is 0 Å². The lowest BCUT2D eigenvalue weighted by atomic mass is 9.99. The number of carbonyl (C=O) groups excluding carboxylic acids is 1. The maximum Gasteiger partial charge on any atom is 0.197 e. The van der Waals surface area contributed by atoms with Gasteiger partial charge in [-0.25, -0.2) is 0 Å². The molecule has 3 heteroatoms. The van der Waals surface area contributed by atoms with Crippen LogP contribution in [-0.2, 0) is 7.05 Å². The topological polar surface area (TPSA) is 48.0 Å². The fourth-order valence-electron chi connectivity index (χ4n) is 2.55. The average Bonchev–Trinajstić information content (AvgIpc) is 2.79. The highest BCUT2D eigenvalue weighted by molar-refractivity contribution is 6.18. The Hall–Kier alpha value is -2.55. The first-order chi connectivity index (χ1) is 9.59. The molecule has 3 aromatic rings. The van der Waals surface area contributed by atoms with Crippen molar-refractivity contribution in [1.82, 2.24) is 4.57 Å². The number of carbonyl (C=O) groups is 1. The van der Waals surface area contributed by atoms with Crippen LogP contribution in [0.25, 0.3) is 10.9 Å². The van der Waals surface area contributed by atoms with Gasteiger partial charge in [0.25, 0.3) is 0 Å². The zero-order valence-corrected chi connectivity index (χ0v) is 11.6. The van der Waals surface area contributed by atoms with E-state index in [1.54, 1.807) is 6.07 Å². The first-order valence-corrected chi connectivity index (χ1v) is 6.53. The molecule has 3 nitrogen and oxygen atoms in total. The molecule has 1 heterocycles. The molecule has 0 unspecified atom stereocenters. The number of nitrogens with zero attached hydrogens (tertiary/aromatic N) is 1. The number of anilines is 1. The molecule has 0 amide bonds. The number of aryl methyl sites for hydroxylation is 2. The molecular formula is C17H16N2O. The zero-order valence-electron chi connectivity index (χ0n) is 11.6. The van der Waals surface area contributed by atoms with E-state index in [0.717, 1.165) is 16.5 Å². The standard InChI is InChI=1S/C17H16N2O/c1-11-6-5-8-13(16(11)18)17(20)14-10-19(2)15-9-4-3-7-12(14)15/h3-10H,18H2,1-2H3. The van der Waals surface area contributed by atoms with Gasteiger partial charge in [-0.15, -0.1) is 0 Å². The number of hydrogen-bond acceptors (Lipinski definition) is 2. The summed E-state index contributed by atoms with van der Waals surface area (Å²) in [5, 5.41) is 0.959. The van der Waals surface area contributed by atoms with Crippen LogP contribution in [0.1, 0.15) is 21.5 Å². The molecule has 0 fully saturated rings. The highest BCUT2D eigenvalue weighted by atomic mass is 16.1. The van der Waals surface area contributed by atoms with Crippen LogP contribution in [0.4, 0.5) is 5.69 Å². The summed E-state index contributed by atoms with van der Waals surface area (Å²) < 4.78 is 1.97. The average molecular weight is 264 g/mol. The lowest BCUT2D eigenvalue weighted by Crippen LogP contribution is -2.06. The maximum absolute atomic E-state index is 12.8. The third kappa shape index (κ3) is 1.79. The van der Waals surface area contributed by atoms with Gasteiger partial charge in [0.05, 0.1) is 0 Å². The number of rotatable bonds is 2. The Morgan fingerprint density at radius 3 is 2.60 bits per heavy atom. The third-order valence-corrected chi connectivity index (χ3v) is 3.71. The molecule has 0 atom stereocenters. The lowest BCUT2D eigenvalue weighted by molar-refractivity contribution is 0.104. The summed E-state index contributed by atoms with van der Waals surface area (Å²) in [5.41, 5.74) is 9.84. The van der Waals surface area contributed by atoms with Gasteiger partial charge in [-0.2, -0.15) is 0 Å². The molecule has 1 aromatic heterocycles. The Bertz CT molecular complexity index is 815. The molecule has 0 saturated carbocycles. The quantitative estimate of drug-likeness (QED) is 0.570. The van der Waals surface area contributed by atoms with Gasteiger partial charge in [0, 0.05) is 41.0 Å². The van der Waals surface area contributed by atoms with Crippen LogP contribution in [0, 0.1) is 6.92 Å². The largest absolute Gasteiger partial charge is 0.398 e. The van der Waals surface area contributed by atoms with Gasteiger partial charge in [0.2, 0.25) is 0 Å². The Kier molecular flexibility index (Phi) is 2.83. The predicted octanol–water partition coefficient (Wildman–Crippen LogP) is 3.30. The van der Waals surface area contributed by atoms with E-state index in [9.17, 15) is 4.79 Å². The molecule has 0 aliphatic rings. The first kappa shape index (κ1) is 12.5. The summed E-state index contributed by atoms with van der Waals surface area (Å²) >= 11 is 0. The minimum absolute atomic E-state index is 0.0250. The Balaban J connectivity index is 2.21. The maximum atomic E-state index is 12.8. The van der Waals surface area contributed by atoms with E-state index in [2.05, 4.69) is 0 Å². The van der Waals surface area contributed by atoms with E-state index in [1.165, 1.54) is 0 Å². The first-order valence-electron chi connectivity index (χ1n) is 6.53. The predicted molar refractivity (Wildman–Crippen MR) is 81.9 cm³/mol. The summed E-state index contributed by atoms with van der Waals surface area (Å²) in [6, 6.07) is 13.4. The highest BCUT2D eigenvalue weighted by Gasteiger charge is 2.18. The van der Waals surface area contributed by atoms with Crippen LogP contribution in [0.5, 0.6) is 0 Å². The third-order valence-electron chi connectivity index (χ3n) is 3.71. The Morgan fingerprint density at radius 2 is 1.80 bits per heavy atom. The molecule has 20 heavy (non-hydrogen) atoms. The Morgan fingerprint density at radius 1 is 1.05 bits per heavy atom. The van der Waals surface area contributed by atoms with Crippen molar-refractivity contribution in [2.24, 2.45) is 7.05 Å². The molecule has 2 N–H and O–H groups in total. The van der Waals surface area contributed by atoms with Crippen molar-refractivity contribution >= 4 is 22.4 Å². The second-order valence-electron chi connectivity index (χ2n) is 5.04. The highest BCUT2D eigenvalue weighted by Crippen LogP contribution is 2.26. The molecule has 100 valence electrons. The molecule has 0 aliphatic carbocycles. The van der Waals surface area contributed by atoms with Crippen LogP contribution in [0.3, 0.4) is 0 Å². The number of fused-ring (bicyclic) bond motifs is 1. The second kappa shape index (κ2) is 4.53. The lowest BCUT2D eigenvalue weighted by Gasteiger charge is -2.06. The molecule has 3 rings (SSSR count). The summed E-state index contributed by atoms with van der Waals surface area (Å²) in [6.07, 6.45) is 1.87. The van der Waals surface area contributed by atoms with Crippen molar-refractivity contribution in [3.8, 4) is 0 Å². The summed E-state index contributed by atoms with van der Waals surface area (Å²) in [6.45, 7) is 1.91. The smallest absolute Gasteiger partial charge is 0.197 e. The van der Waals surface area contributed by atoms with Gasteiger partial charge in [-0.3, -0.25) is 4.79 Å². The van der Waals surface area contributed by atoms with Crippen molar-refractivity contribution in [3.63, 3.8) is 0 Å². The van der Waals surface area contributed by atoms with Crippen LogP contribution < -0.4 is 5.73 Å². The number of para-hydroxylation sites is 2. The molecule has 0 spiro atoms. The van der Waals surface area contributed by atoms with Crippen LogP contribution in [0.15, 0.2) is 48.7 Å². The molecule has 2 aromatic carbocycles. The monoisotopic (exact) mass is 264 g/mol. The number of nitrogen functional groups attached to an aromatic ring is 1. The minimum Gasteiger partial charge on any atom is -0.398 e. The van der Waals surface area contributed by atoms with Gasteiger partial charge >= 0.3 is 0 Å². The van der Waals surface area contributed by atoms with Crippen molar-refractivity contribution in [2.45, 2.75) is 6.92 Å². The van der Waals surface area contributed by atoms with Gasteiger partial charge in [0.1, 0.15) is 0 Å². The number of aromatic nitrogens is 1. The second-order valence-corrected chi connectivity index (χ2v) is 5.04. The van der Waals surface area contributed by atoms with Gasteiger partial charge in [-0.1, -0.05) is 30.3 Å². The van der Waals surface area contributed by atoms with Crippen molar-refractivity contribution in [2.75, 3.05) is 5.73 Å².